The van der Waals surface area contributed by atoms with Crippen LogP contribution in [0.5, 0.6) is 0 Å². The van der Waals surface area contributed by atoms with Crippen LogP contribution in [0.15, 0.2) is 66.9 Å². The van der Waals surface area contributed by atoms with Crippen LogP contribution in [0.4, 0.5) is 0 Å². The molecule has 182 valence electrons. The molecule has 0 spiro atoms. The van der Waals surface area contributed by atoms with Crippen molar-refractivity contribution in [3.63, 3.8) is 0 Å². The van der Waals surface area contributed by atoms with Gasteiger partial charge in [-0.3, -0.25) is 14.6 Å². The zero-order valence-corrected chi connectivity index (χ0v) is 20.7. The molecule has 0 N–H and O–H groups in total. The molecule has 1 atom stereocenters. The predicted octanol–water partition coefficient (Wildman–Crippen LogP) is 5.35. The van der Waals surface area contributed by atoms with Gasteiger partial charge in [0, 0.05) is 48.7 Å². The molecule has 5 rings (SSSR count). The predicted molar refractivity (Wildman–Crippen MR) is 139 cm³/mol. The van der Waals surface area contributed by atoms with E-state index in [1.165, 1.54) is 10.9 Å². The highest BCUT2D eigenvalue weighted by Gasteiger charge is 2.41. The molecule has 35 heavy (non-hydrogen) atoms. The Morgan fingerprint density at radius 1 is 0.914 bits per heavy atom. The lowest BCUT2D eigenvalue weighted by Gasteiger charge is -2.41. The topological polar surface area (TPSA) is 53.5 Å². The summed E-state index contributed by atoms with van der Waals surface area (Å²) in [4.78, 5) is 34.9. The van der Waals surface area contributed by atoms with Crippen molar-refractivity contribution in [3.8, 4) is 0 Å². The molecule has 2 amide bonds. The number of fused-ring (bicyclic) bond motifs is 1. The van der Waals surface area contributed by atoms with Gasteiger partial charge in [0.1, 0.15) is 0 Å². The number of amides is 2. The summed E-state index contributed by atoms with van der Waals surface area (Å²) < 4.78 is 0. The molecule has 0 radical (unpaired) electrons. The number of rotatable bonds is 4. The van der Waals surface area contributed by atoms with Gasteiger partial charge < -0.3 is 9.80 Å². The first-order valence-corrected chi connectivity index (χ1v) is 13.0. The summed E-state index contributed by atoms with van der Waals surface area (Å²) in [5.41, 5.74) is 2.75. The van der Waals surface area contributed by atoms with Crippen LogP contribution < -0.4 is 0 Å². The lowest BCUT2D eigenvalue weighted by Crippen LogP contribution is -2.50. The molecule has 5 nitrogen and oxygen atoms in total. The minimum absolute atomic E-state index is 0.0715. The third-order valence-corrected chi connectivity index (χ3v) is 8.02. The van der Waals surface area contributed by atoms with Crippen molar-refractivity contribution in [1.82, 2.24) is 14.8 Å². The zero-order valence-electron chi connectivity index (χ0n) is 20.7. The highest BCUT2D eigenvalue weighted by atomic mass is 16.2. The molecule has 2 saturated heterocycles. The second-order valence-corrected chi connectivity index (χ2v) is 10.5. The van der Waals surface area contributed by atoms with Gasteiger partial charge in [-0.25, -0.2) is 0 Å². The van der Waals surface area contributed by atoms with Gasteiger partial charge in [0.2, 0.25) is 5.91 Å². The summed E-state index contributed by atoms with van der Waals surface area (Å²) in [6, 6.07) is 20.1. The van der Waals surface area contributed by atoms with Crippen molar-refractivity contribution < 1.29 is 9.59 Å². The third-order valence-electron chi connectivity index (χ3n) is 8.02. The largest absolute Gasteiger partial charge is 0.342 e. The van der Waals surface area contributed by atoms with Crippen LogP contribution in [-0.2, 0) is 11.2 Å². The van der Waals surface area contributed by atoms with Gasteiger partial charge in [-0.1, -0.05) is 37.3 Å². The van der Waals surface area contributed by atoms with E-state index in [-0.39, 0.29) is 17.2 Å². The molecule has 3 aromatic rings. The van der Waals surface area contributed by atoms with Gasteiger partial charge >= 0.3 is 0 Å². The van der Waals surface area contributed by atoms with Crippen molar-refractivity contribution >= 4 is 22.7 Å². The molecule has 2 aliphatic heterocycles. The summed E-state index contributed by atoms with van der Waals surface area (Å²) in [5, 5.41) is 1.19. The summed E-state index contributed by atoms with van der Waals surface area (Å²) in [5.74, 6) is 0.948. The number of carbonyl (C=O) groups is 2. The number of hydrogen-bond acceptors (Lipinski definition) is 3. The summed E-state index contributed by atoms with van der Waals surface area (Å²) >= 11 is 0. The minimum atomic E-state index is -0.376. The van der Waals surface area contributed by atoms with Crippen LogP contribution in [0.3, 0.4) is 0 Å². The summed E-state index contributed by atoms with van der Waals surface area (Å²) in [6.45, 7) is 5.07. The number of nitrogens with zero attached hydrogens (tertiary/aromatic N) is 3. The summed E-state index contributed by atoms with van der Waals surface area (Å²) in [6.07, 6.45) is 7.62. The van der Waals surface area contributed by atoms with E-state index in [4.69, 9.17) is 0 Å². The van der Waals surface area contributed by atoms with E-state index in [0.29, 0.717) is 19.0 Å². The monoisotopic (exact) mass is 469 g/mol. The van der Waals surface area contributed by atoms with Crippen molar-refractivity contribution in [3.05, 3.63) is 78.0 Å². The molecular formula is C30H35N3O2. The molecular weight excluding hydrogens is 434 g/mol. The molecule has 0 bridgehead atoms. The number of aromatic nitrogens is 1. The Morgan fingerprint density at radius 2 is 1.71 bits per heavy atom. The van der Waals surface area contributed by atoms with Crippen molar-refractivity contribution in [2.24, 2.45) is 11.3 Å². The molecule has 2 fully saturated rings. The lowest BCUT2D eigenvalue weighted by molar-refractivity contribution is -0.143. The highest BCUT2D eigenvalue weighted by molar-refractivity contribution is 5.94. The van der Waals surface area contributed by atoms with Gasteiger partial charge in [0.05, 0.1) is 5.52 Å². The molecule has 2 aromatic carbocycles. The van der Waals surface area contributed by atoms with E-state index in [2.05, 4.69) is 41.1 Å². The Hall–Kier alpha value is -3.21. The molecule has 0 saturated carbocycles. The maximum Gasteiger partial charge on any atom is 0.253 e. The van der Waals surface area contributed by atoms with E-state index < -0.39 is 0 Å². The van der Waals surface area contributed by atoms with Gasteiger partial charge in [-0.2, -0.15) is 0 Å². The molecule has 1 aromatic heterocycles. The van der Waals surface area contributed by atoms with Crippen LogP contribution >= 0.6 is 0 Å². The van der Waals surface area contributed by atoms with E-state index in [9.17, 15) is 9.59 Å². The second-order valence-electron chi connectivity index (χ2n) is 10.5. The first kappa shape index (κ1) is 23.5. The van der Waals surface area contributed by atoms with Gasteiger partial charge in [-0.05, 0) is 80.3 Å². The standard InChI is InChI=1S/C30H35N3O2/c1-30(14-19-32(20-15-30)28(34)25-8-3-2-4-9-25)29(35)33-17-6-7-23(13-18-33)21-24-11-12-27-26(22-24)10-5-16-31-27/h2-5,8-12,16,22-23H,6-7,13-15,17-21H2,1H3/t23-/m0/s1. The Kier molecular flexibility index (Phi) is 6.85. The smallest absolute Gasteiger partial charge is 0.253 e. The zero-order chi connectivity index (χ0) is 24.3. The van der Waals surface area contributed by atoms with E-state index in [1.54, 1.807) is 0 Å². The normalized spacial score (nSPS) is 20.4. The Labute approximate surface area is 208 Å². The van der Waals surface area contributed by atoms with Crippen molar-refractivity contribution in [1.29, 1.82) is 0 Å². The number of carbonyl (C=O) groups excluding carboxylic acids is 2. The second kappa shape index (κ2) is 10.2. The Morgan fingerprint density at radius 3 is 2.51 bits per heavy atom. The van der Waals surface area contributed by atoms with Crippen LogP contribution in [0, 0.1) is 11.3 Å². The fraction of sp³-hybridized carbons (Fsp3) is 0.433. The number of pyridine rings is 1. The Balaban J connectivity index is 1.16. The number of benzene rings is 2. The SMILES string of the molecule is CC1(C(=O)N2CCC[C@H](Cc3ccc4ncccc4c3)CC2)CCN(C(=O)c2ccccc2)CC1. The van der Waals surface area contributed by atoms with Crippen molar-refractivity contribution in [2.45, 2.75) is 45.4 Å². The minimum Gasteiger partial charge on any atom is -0.342 e. The van der Waals surface area contributed by atoms with Gasteiger partial charge in [0.15, 0.2) is 0 Å². The number of piperidine rings is 1. The Bertz CT molecular complexity index is 1180. The number of likely N-dealkylation sites (tertiary alicyclic amines) is 2. The third kappa shape index (κ3) is 5.24. The fourth-order valence-corrected chi connectivity index (χ4v) is 5.72. The molecule has 0 aliphatic carbocycles. The van der Waals surface area contributed by atoms with Crippen LogP contribution in [-0.4, -0.2) is 52.8 Å². The average Bonchev–Trinajstić information content (AvgIpc) is 3.14. The first-order valence-electron chi connectivity index (χ1n) is 13.0. The van der Waals surface area contributed by atoms with Crippen LogP contribution in [0.25, 0.3) is 10.9 Å². The lowest BCUT2D eigenvalue weighted by atomic mass is 9.78. The van der Waals surface area contributed by atoms with Crippen LogP contribution in [0.1, 0.15) is 54.9 Å². The highest BCUT2D eigenvalue weighted by Crippen LogP contribution is 2.35. The maximum atomic E-state index is 13.6. The summed E-state index contributed by atoms with van der Waals surface area (Å²) in [7, 11) is 0. The van der Waals surface area contributed by atoms with E-state index >= 15 is 0 Å². The molecule has 2 aliphatic rings. The van der Waals surface area contributed by atoms with Crippen LogP contribution in [0.2, 0.25) is 0 Å². The van der Waals surface area contributed by atoms with Gasteiger partial charge in [-0.15, -0.1) is 0 Å². The van der Waals surface area contributed by atoms with Gasteiger partial charge in [0.25, 0.3) is 5.91 Å². The maximum absolute atomic E-state index is 13.6. The average molecular weight is 470 g/mol. The molecule has 0 unspecified atom stereocenters. The molecule has 5 heteroatoms. The first-order chi connectivity index (χ1) is 17.0. The van der Waals surface area contributed by atoms with Crippen molar-refractivity contribution in [2.75, 3.05) is 26.2 Å². The van der Waals surface area contributed by atoms with E-state index in [1.807, 2.05) is 47.5 Å². The number of hydrogen-bond donors (Lipinski definition) is 0. The molecule has 3 heterocycles. The quantitative estimate of drug-likeness (QED) is 0.518. The van der Waals surface area contributed by atoms with E-state index in [0.717, 1.165) is 62.7 Å². The fourth-order valence-electron chi connectivity index (χ4n) is 5.72.